The number of rotatable bonds is 13. The number of alkyl halides is 1. The van der Waals surface area contributed by atoms with Crippen LogP contribution in [0.2, 0.25) is 0 Å². The molecule has 19 heavy (non-hydrogen) atoms. The highest BCUT2D eigenvalue weighted by molar-refractivity contribution is 9.09. The first-order chi connectivity index (χ1) is 8.68. The first kappa shape index (κ1) is 22.2. The molecule has 0 aromatic rings. The van der Waals surface area contributed by atoms with Crippen molar-refractivity contribution in [2.75, 3.05) is 32.0 Å². The van der Waals surface area contributed by atoms with Crippen molar-refractivity contribution in [2.45, 2.75) is 71.6 Å². The molecule has 0 saturated carbocycles. The summed E-state index contributed by atoms with van der Waals surface area (Å²) in [5.74, 6) is 0. The quantitative estimate of drug-likeness (QED) is 0.253. The molecule has 0 aliphatic heterocycles. The van der Waals surface area contributed by atoms with E-state index in [-0.39, 0.29) is 17.0 Å². The number of hydrogen-bond acceptors (Lipinski definition) is 0. The molecule has 0 fully saturated rings. The monoisotopic (exact) mass is 399 g/mol. The van der Waals surface area contributed by atoms with Gasteiger partial charge in [-0.2, -0.15) is 0 Å². The lowest BCUT2D eigenvalue weighted by Gasteiger charge is -2.35. The molecule has 0 N–H and O–H groups in total. The second kappa shape index (κ2) is 15.3. The summed E-state index contributed by atoms with van der Waals surface area (Å²) in [7, 11) is 2.47. The average molecular weight is 401 g/mol. The van der Waals surface area contributed by atoms with Gasteiger partial charge in [-0.05, 0) is 25.7 Å². The molecule has 3 heteroatoms. The lowest BCUT2D eigenvalue weighted by Crippen LogP contribution is -3.00. The zero-order valence-corrected chi connectivity index (χ0v) is 16.6. The lowest BCUT2D eigenvalue weighted by molar-refractivity contribution is -0.910. The smallest absolute Gasteiger partial charge is 0.0792 e. The molecule has 118 valence electrons. The summed E-state index contributed by atoms with van der Waals surface area (Å²) < 4.78 is 1.30. The molecule has 0 aromatic heterocycles. The van der Waals surface area contributed by atoms with Crippen LogP contribution in [0.4, 0.5) is 0 Å². The zero-order valence-electron chi connectivity index (χ0n) is 13.4. The highest BCUT2D eigenvalue weighted by atomic mass is 79.9. The Labute approximate surface area is 141 Å². The normalized spacial score (nSPS) is 11.4. The summed E-state index contributed by atoms with van der Waals surface area (Å²) in [5.41, 5.74) is 0. The van der Waals surface area contributed by atoms with Crippen LogP contribution in [0.5, 0.6) is 0 Å². The van der Waals surface area contributed by atoms with Gasteiger partial charge in [0.05, 0.1) is 26.7 Å². The minimum Gasteiger partial charge on any atom is -1.00 e. The van der Waals surface area contributed by atoms with Crippen LogP contribution < -0.4 is 17.0 Å². The number of unbranched alkanes of at least 4 members (excludes halogenated alkanes) is 6. The Hall–Kier alpha value is 0.920. The fourth-order valence-corrected chi connectivity index (χ4v) is 2.87. The van der Waals surface area contributed by atoms with Gasteiger partial charge in [-0.1, -0.05) is 55.5 Å². The SMILES string of the molecule is CCCCCC[N+](C)(CCCBr)CCCCCC.[Br-]. The van der Waals surface area contributed by atoms with Crippen molar-refractivity contribution in [1.29, 1.82) is 0 Å². The second-order valence-corrected chi connectivity index (χ2v) is 6.75. The van der Waals surface area contributed by atoms with Crippen molar-refractivity contribution in [3.05, 3.63) is 0 Å². The van der Waals surface area contributed by atoms with E-state index in [2.05, 4.69) is 36.8 Å². The minimum atomic E-state index is 0. The first-order valence-corrected chi connectivity index (χ1v) is 9.20. The third-order valence-electron chi connectivity index (χ3n) is 3.93. The van der Waals surface area contributed by atoms with E-state index < -0.39 is 0 Å². The highest BCUT2D eigenvalue weighted by Crippen LogP contribution is 2.13. The first-order valence-electron chi connectivity index (χ1n) is 8.08. The number of nitrogens with zero attached hydrogens (tertiary/aromatic N) is 1. The Bertz CT molecular complexity index is 162. The molecule has 0 spiro atoms. The van der Waals surface area contributed by atoms with Crippen molar-refractivity contribution < 1.29 is 21.5 Å². The van der Waals surface area contributed by atoms with Crippen LogP contribution in [-0.2, 0) is 0 Å². The summed E-state index contributed by atoms with van der Waals surface area (Å²) in [4.78, 5) is 0. The van der Waals surface area contributed by atoms with Gasteiger partial charge in [-0.15, -0.1) is 0 Å². The molecule has 0 aromatic carbocycles. The van der Waals surface area contributed by atoms with Crippen LogP contribution in [0.25, 0.3) is 0 Å². The van der Waals surface area contributed by atoms with Crippen molar-refractivity contribution >= 4 is 15.9 Å². The molecule has 0 bridgehead atoms. The zero-order chi connectivity index (χ0) is 13.7. The van der Waals surface area contributed by atoms with Crippen molar-refractivity contribution in [3.8, 4) is 0 Å². The van der Waals surface area contributed by atoms with Gasteiger partial charge in [0.1, 0.15) is 0 Å². The molecule has 0 aliphatic carbocycles. The van der Waals surface area contributed by atoms with Crippen LogP contribution in [0.1, 0.15) is 71.6 Å². The van der Waals surface area contributed by atoms with E-state index in [4.69, 9.17) is 0 Å². The van der Waals surface area contributed by atoms with Crippen LogP contribution in [0.15, 0.2) is 0 Å². The standard InChI is InChI=1S/C16H35BrN.BrH/c1-4-6-8-10-14-18(3,16-12-13-17)15-11-9-7-5-2;/h4-16H2,1-3H3;1H/q+1;/p-1. The van der Waals surface area contributed by atoms with Gasteiger partial charge in [0.2, 0.25) is 0 Å². The van der Waals surface area contributed by atoms with Gasteiger partial charge in [0, 0.05) is 11.8 Å². The Balaban J connectivity index is 0. The average Bonchev–Trinajstić information content (AvgIpc) is 2.38. The highest BCUT2D eigenvalue weighted by Gasteiger charge is 2.19. The molecule has 0 aliphatic rings. The molecule has 0 amide bonds. The van der Waals surface area contributed by atoms with Crippen molar-refractivity contribution in [2.24, 2.45) is 0 Å². The molecule has 0 atom stereocenters. The summed E-state index contributed by atoms with van der Waals surface area (Å²) >= 11 is 3.58. The summed E-state index contributed by atoms with van der Waals surface area (Å²) in [6, 6.07) is 0. The van der Waals surface area contributed by atoms with Gasteiger partial charge in [-0.25, -0.2) is 0 Å². The van der Waals surface area contributed by atoms with E-state index in [0.29, 0.717) is 0 Å². The summed E-state index contributed by atoms with van der Waals surface area (Å²) in [6.07, 6.45) is 12.5. The van der Waals surface area contributed by atoms with Gasteiger partial charge in [0.15, 0.2) is 0 Å². The van der Waals surface area contributed by atoms with Crippen molar-refractivity contribution in [3.63, 3.8) is 0 Å². The molecule has 1 nitrogen and oxygen atoms in total. The summed E-state index contributed by atoms with van der Waals surface area (Å²) in [5, 5.41) is 1.16. The van der Waals surface area contributed by atoms with Crippen LogP contribution in [0.3, 0.4) is 0 Å². The minimum absolute atomic E-state index is 0. The van der Waals surface area contributed by atoms with Gasteiger partial charge >= 0.3 is 0 Å². The fraction of sp³-hybridized carbons (Fsp3) is 1.00. The maximum Gasteiger partial charge on any atom is 0.0792 e. The molecule has 0 radical (unpaired) electrons. The van der Waals surface area contributed by atoms with E-state index >= 15 is 0 Å². The fourth-order valence-electron chi connectivity index (χ4n) is 2.62. The van der Waals surface area contributed by atoms with Crippen LogP contribution >= 0.6 is 15.9 Å². The molecular formula is C16H35Br2N. The van der Waals surface area contributed by atoms with Crippen LogP contribution in [0, 0.1) is 0 Å². The predicted molar refractivity (Wildman–Crippen MR) is 87.5 cm³/mol. The topological polar surface area (TPSA) is 0 Å². The Kier molecular flexibility index (Phi) is 17.9. The number of hydrogen-bond donors (Lipinski definition) is 0. The molecule has 0 heterocycles. The summed E-state index contributed by atoms with van der Waals surface area (Å²) in [6.45, 7) is 8.72. The third kappa shape index (κ3) is 13.7. The lowest BCUT2D eigenvalue weighted by atomic mass is 10.1. The van der Waals surface area contributed by atoms with Gasteiger partial charge in [-0.3, -0.25) is 0 Å². The Morgan fingerprint density at radius 1 is 0.684 bits per heavy atom. The molecular weight excluding hydrogens is 366 g/mol. The van der Waals surface area contributed by atoms with Gasteiger partial charge in [0.25, 0.3) is 0 Å². The predicted octanol–water partition coefficient (Wildman–Crippen LogP) is 2.38. The largest absolute Gasteiger partial charge is 1.00 e. The molecule has 0 rings (SSSR count). The van der Waals surface area contributed by atoms with E-state index in [9.17, 15) is 0 Å². The molecule has 0 saturated heterocycles. The molecule has 0 unspecified atom stereocenters. The second-order valence-electron chi connectivity index (χ2n) is 5.95. The Morgan fingerprint density at radius 2 is 1.11 bits per heavy atom. The number of quaternary nitrogens is 1. The van der Waals surface area contributed by atoms with E-state index in [1.165, 1.54) is 81.9 Å². The maximum atomic E-state index is 3.58. The number of halogens is 2. The van der Waals surface area contributed by atoms with Gasteiger partial charge < -0.3 is 21.5 Å². The van der Waals surface area contributed by atoms with Crippen LogP contribution in [-0.4, -0.2) is 36.5 Å². The van der Waals surface area contributed by atoms with E-state index in [1.807, 2.05) is 0 Å². The Morgan fingerprint density at radius 3 is 1.47 bits per heavy atom. The third-order valence-corrected chi connectivity index (χ3v) is 4.50. The van der Waals surface area contributed by atoms with E-state index in [1.54, 1.807) is 0 Å². The van der Waals surface area contributed by atoms with E-state index in [0.717, 1.165) is 5.33 Å². The van der Waals surface area contributed by atoms with Crippen molar-refractivity contribution in [1.82, 2.24) is 0 Å². The maximum absolute atomic E-state index is 3.58.